The number of amides is 1. The quantitative estimate of drug-likeness (QED) is 0.749. The SMILES string of the molecule is N#Cc1ccc(NC2(C(=O)N3CCN(c4cccc(C(F)(F)F)c4)CC3)CCCC2)cc1. The number of hydrogen-bond acceptors (Lipinski definition) is 4. The number of nitrogens with zero attached hydrogens (tertiary/aromatic N) is 3. The molecular weight excluding hydrogens is 417 g/mol. The Bertz CT molecular complexity index is 999. The van der Waals surface area contributed by atoms with Gasteiger partial charge in [-0.2, -0.15) is 18.4 Å². The van der Waals surface area contributed by atoms with Crippen LogP contribution >= 0.6 is 0 Å². The van der Waals surface area contributed by atoms with E-state index in [0.29, 0.717) is 37.4 Å². The molecule has 1 N–H and O–H groups in total. The third kappa shape index (κ3) is 4.52. The van der Waals surface area contributed by atoms with Gasteiger partial charge in [0.2, 0.25) is 5.91 Å². The van der Waals surface area contributed by atoms with Crippen LogP contribution in [0.2, 0.25) is 0 Å². The first-order valence-corrected chi connectivity index (χ1v) is 10.8. The fourth-order valence-electron chi connectivity index (χ4n) is 4.62. The van der Waals surface area contributed by atoms with E-state index in [1.807, 2.05) is 21.9 Å². The Morgan fingerprint density at radius 1 is 1.00 bits per heavy atom. The topological polar surface area (TPSA) is 59.4 Å². The summed E-state index contributed by atoms with van der Waals surface area (Å²) in [4.78, 5) is 17.2. The minimum absolute atomic E-state index is 0.0445. The van der Waals surface area contributed by atoms with E-state index in [1.165, 1.54) is 12.1 Å². The Morgan fingerprint density at radius 3 is 2.25 bits per heavy atom. The monoisotopic (exact) mass is 442 g/mol. The van der Waals surface area contributed by atoms with E-state index in [1.54, 1.807) is 18.2 Å². The van der Waals surface area contributed by atoms with Gasteiger partial charge in [-0.3, -0.25) is 4.79 Å². The van der Waals surface area contributed by atoms with Crippen molar-refractivity contribution in [1.82, 2.24) is 4.90 Å². The van der Waals surface area contributed by atoms with Crippen molar-refractivity contribution in [3.8, 4) is 6.07 Å². The van der Waals surface area contributed by atoms with Crippen LogP contribution in [0.15, 0.2) is 48.5 Å². The lowest BCUT2D eigenvalue weighted by Gasteiger charge is -2.41. The van der Waals surface area contributed by atoms with Crippen LogP contribution in [0.25, 0.3) is 0 Å². The Morgan fingerprint density at radius 2 is 1.66 bits per heavy atom. The van der Waals surface area contributed by atoms with Gasteiger partial charge in [0.15, 0.2) is 0 Å². The van der Waals surface area contributed by atoms with Crippen LogP contribution in [0.5, 0.6) is 0 Å². The summed E-state index contributed by atoms with van der Waals surface area (Å²) in [5.41, 5.74) is 0.560. The van der Waals surface area contributed by atoms with Crippen LogP contribution in [-0.4, -0.2) is 42.5 Å². The van der Waals surface area contributed by atoms with Crippen molar-refractivity contribution >= 4 is 17.3 Å². The Kier molecular flexibility index (Phi) is 6.00. The lowest BCUT2D eigenvalue weighted by molar-refractivity contribution is -0.137. The van der Waals surface area contributed by atoms with Gasteiger partial charge in [-0.1, -0.05) is 18.9 Å². The molecule has 1 saturated carbocycles. The Balaban J connectivity index is 1.44. The number of carbonyl (C=O) groups excluding carboxylic acids is 1. The van der Waals surface area contributed by atoms with Crippen LogP contribution in [-0.2, 0) is 11.0 Å². The number of rotatable bonds is 4. The van der Waals surface area contributed by atoms with Gasteiger partial charge in [-0.15, -0.1) is 0 Å². The van der Waals surface area contributed by atoms with Crippen LogP contribution in [0, 0.1) is 11.3 Å². The number of alkyl halides is 3. The lowest BCUT2D eigenvalue weighted by Crippen LogP contribution is -2.57. The first kappa shape index (κ1) is 22.0. The van der Waals surface area contributed by atoms with Crippen LogP contribution in [0.4, 0.5) is 24.5 Å². The molecule has 4 rings (SSSR count). The lowest BCUT2D eigenvalue weighted by atomic mass is 9.94. The molecule has 0 atom stereocenters. The highest BCUT2D eigenvalue weighted by molar-refractivity contribution is 5.90. The molecule has 2 aromatic carbocycles. The average Bonchev–Trinajstić information content (AvgIpc) is 3.28. The van der Waals surface area contributed by atoms with Gasteiger partial charge < -0.3 is 15.1 Å². The number of nitrogens with one attached hydrogen (secondary N) is 1. The second kappa shape index (κ2) is 8.73. The zero-order valence-corrected chi connectivity index (χ0v) is 17.7. The maximum atomic E-state index is 13.5. The highest BCUT2D eigenvalue weighted by atomic mass is 19.4. The number of halogens is 3. The van der Waals surface area contributed by atoms with Gasteiger partial charge in [0.25, 0.3) is 0 Å². The highest BCUT2D eigenvalue weighted by Gasteiger charge is 2.44. The summed E-state index contributed by atoms with van der Waals surface area (Å²) >= 11 is 0. The van der Waals surface area contributed by atoms with Crippen molar-refractivity contribution in [1.29, 1.82) is 5.26 Å². The summed E-state index contributed by atoms with van der Waals surface area (Å²) in [6.07, 6.45) is -0.989. The number of piperazine rings is 1. The predicted molar refractivity (Wildman–Crippen MR) is 116 cm³/mol. The minimum Gasteiger partial charge on any atom is -0.371 e. The number of carbonyl (C=O) groups is 1. The van der Waals surface area contributed by atoms with E-state index in [-0.39, 0.29) is 5.91 Å². The van der Waals surface area contributed by atoms with Gasteiger partial charge in [-0.05, 0) is 55.3 Å². The second-order valence-electron chi connectivity index (χ2n) is 8.43. The second-order valence-corrected chi connectivity index (χ2v) is 8.43. The van der Waals surface area contributed by atoms with E-state index in [9.17, 15) is 18.0 Å². The molecule has 0 spiro atoms. The molecule has 1 aliphatic heterocycles. The molecule has 1 heterocycles. The molecule has 168 valence electrons. The molecule has 1 saturated heterocycles. The van der Waals surface area contributed by atoms with Crippen molar-refractivity contribution in [3.05, 3.63) is 59.7 Å². The summed E-state index contributed by atoms with van der Waals surface area (Å²) in [5.74, 6) is 0.0445. The largest absolute Gasteiger partial charge is 0.416 e. The minimum atomic E-state index is -4.38. The van der Waals surface area contributed by atoms with Crippen molar-refractivity contribution in [2.24, 2.45) is 0 Å². The van der Waals surface area contributed by atoms with E-state index < -0.39 is 17.3 Å². The number of nitriles is 1. The summed E-state index contributed by atoms with van der Waals surface area (Å²) in [5, 5.41) is 12.4. The molecule has 5 nitrogen and oxygen atoms in total. The van der Waals surface area contributed by atoms with Crippen LogP contribution < -0.4 is 10.2 Å². The summed E-state index contributed by atoms with van der Waals surface area (Å²) in [7, 11) is 0. The molecule has 0 bridgehead atoms. The molecule has 0 aromatic heterocycles. The van der Waals surface area contributed by atoms with Gasteiger partial charge >= 0.3 is 6.18 Å². The molecule has 1 aliphatic carbocycles. The summed E-state index contributed by atoms with van der Waals surface area (Å²) in [6, 6.07) is 14.5. The van der Waals surface area contributed by atoms with Gasteiger partial charge in [-0.25, -0.2) is 0 Å². The Hall–Kier alpha value is -3.21. The fourth-order valence-corrected chi connectivity index (χ4v) is 4.62. The first-order chi connectivity index (χ1) is 15.3. The maximum Gasteiger partial charge on any atom is 0.416 e. The van der Waals surface area contributed by atoms with E-state index in [4.69, 9.17) is 5.26 Å². The molecule has 32 heavy (non-hydrogen) atoms. The smallest absolute Gasteiger partial charge is 0.371 e. The molecule has 0 radical (unpaired) electrons. The molecule has 0 unspecified atom stereocenters. The van der Waals surface area contributed by atoms with Crippen molar-refractivity contribution in [3.63, 3.8) is 0 Å². The zero-order valence-electron chi connectivity index (χ0n) is 17.7. The van der Waals surface area contributed by atoms with E-state index in [2.05, 4.69) is 11.4 Å². The third-order valence-electron chi connectivity index (χ3n) is 6.37. The number of anilines is 2. The number of benzene rings is 2. The van der Waals surface area contributed by atoms with E-state index in [0.717, 1.165) is 37.4 Å². The molecule has 2 aromatic rings. The summed E-state index contributed by atoms with van der Waals surface area (Å²) < 4.78 is 39.1. The Labute approximate surface area is 185 Å². The zero-order chi connectivity index (χ0) is 22.8. The standard InChI is InChI=1S/C24H25F3N4O/c25-24(26,27)19-4-3-5-21(16-19)30-12-14-31(15-13-30)22(32)23(10-1-2-11-23)29-20-8-6-18(17-28)7-9-20/h3-9,16,29H,1-2,10-15H2. The van der Waals surface area contributed by atoms with Crippen LogP contribution in [0.1, 0.15) is 36.8 Å². The summed E-state index contributed by atoms with van der Waals surface area (Å²) in [6.45, 7) is 1.90. The molecule has 2 fully saturated rings. The van der Waals surface area contributed by atoms with Gasteiger partial charge in [0.05, 0.1) is 17.2 Å². The molecule has 2 aliphatic rings. The van der Waals surface area contributed by atoms with E-state index >= 15 is 0 Å². The van der Waals surface area contributed by atoms with Crippen molar-refractivity contribution in [2.75, 3.05) is 36.4 Å². The van der Waals surface area contributed by atoms with Crippen LogP contribution in [0.3, 0.4) is 0 Å². The van der Waals surface area contributed by atoms with Gasteiger partial charge in [0, 0.05) is 37.6 Å². The predicted octanol–water partition coefficient (Wildman–Crippen LogP) is 4.65. The third-order valence-corrected chi connectivity index (χ3v) is 6.37. The van der Waals surface area contributed by atoms with Crippen molar-refractivity contribution < 1.29 is 18.0 Å². The molecule has 1 amide bonds. The molecular formula is C24H25F3N4O. The maximum absolute atomic E-state index is 13.5. The highest BCUT2D eigenvalue weighted by Crippen LogP contribution is 2.36. The number of hydrogen-bond donors (Lipinski definition) is 1. The fraction of sp³-hybridized carbons (Fsp3) is 0.417. The normalized spacial score (nSPS) is 18.3. The van der Waals surface area contributed by atoms with Gasteiger partial charge in [0.1, 0.15) is 5.54 Å². The first-order valence-electron chi connectivity index (χ1n) is 10.8. The van der Waals surface area contributed by atoms with Crippen molar-refractivity contribution in [2.45, 2.75) is 37.4 Å². The molecule has 8 heteroatoms. The average molecular weight is 442 g/mol.